The molecule has 1 rings (SSSR count). The lowest BCUT2D eigenvalue weighted by atomic mass is 9.81. The number of rotatable bonds is 2. The van der Waals surface area contributed by atoms with E-state index in [1.54, 1.807) is 13.0 Å². The van der Waals surface area contributed by atoms with Gasteiger partial charge in [-0.25, -0.2) is 0 Å². The molecule has 0 saturated carbocycles. The first-order chi connectivity index (χ1) is 6.53. The van der Waals surface area contributed by atoms with Crippen molar-refractivity contribution in [3.63, 3.8) is 0 Å². The molecule has 0 fully saturated rings. The zero-order valence-electron chi connectivity index (χ0n) is 8.28. The van der Waals surface area contributed by atoms with Gasteiger partial charge in [0.25, 0.3) is 0 Å². The van der Waals surface area contributed by atoms with Crippen molar-refractivity contribution in [1.82, 2.24) is 0 Å². The van der Waals surface area contributed by atoms with Crippen LogP contribution in [0.25, 0.3) is 0 Å². The van der Waals surface area contributed by atoms with Crippen LogP contribution in [0.4, 0.5) is 0 Å². The van der Waals surface area contributed by atoms with Crippen molar-refractivity contribution in [2.45, 2.75) is 25.7 Å². The van der Waals surface area contributed by atoms with Crippen LogP contribution in [0.5, 0.6) is 11.5 Å². The smallest absolute Gasteiger partial charge is 0.157 e. The summed E-state index contributed by atoms with van der Waals surface area (Å²) in [5.41, 5.74) is 0.114. The van der Waals surface area contributed by atoms with Gasteiger partial charge in [-0.2, -0.15) is 5.26 Å². The van der Waals surface area contributed by atoms with E-state index in [4.69, 9.17) is 10.4 Å². The molecule has 0 aliphatic rings. The number of phenolic OH excluding ortho intramolecular Hbond substituents is 2. The standard InChI is InChI=1S/C11H13NO2/c1-3-11(2,7-12)8-4-5-9(13)10(14)6-8/h4-6,13-14H,3H2,1-2H3. The Morgan fingerprint density at radius 1 is 1.36 bits per heavy atom. The number of benzene rings is 1. The lowest BCUT2D eigenvalue weighted by Crippen LogP contribution is -2.17. The molecule has 0 radical (unpaired) electrons. The van der Waals surface area contributed by atoms with Crippen molar-refractivity contribution in [1.29, 1.82) is 5.26 Å². The Bertz CT molecular complexity index is 381. The van der Waals surface area contributed by atoms with E-state index in [9.17, 15) is 5.11 Å². The first-order valence-corrected chi connectivity index (χ1v) is 4.47. The quantitative estimate of drug-likeness (QED) is 0.705. The third kappa shape index (κ3) is 1.64. The number of hydrogen-bond donors (Lipinski definition) is 2. The summed E-state index contributed by atoms with van der Waals surface area (Å²) in [6.45, 7) is 3.71. The van der Waals surface area contributed by atoms with Gasteiger partial charge in [-0.05, 0) is 31.0 Å². The van der Waals surface area contributed by atoms with E-state index in [0.29, 0.717) is 6.42 Å². The number of hydrogen-bond acceptors (Lipinski definition) is 3. The van der Waals surface area contributed by atoms with Crippen molar-refractivity contribution in [3.8, 4) is 17.6 Å². The minimum atomic E-state index is -0.606. The lowest BCUT2D eigenvalue weighted by molar-refractivity contribution is 0.401. The predicted octanol–water partition coefficient (Wildman–Crippen LogP) is 2.29. The Hall–Kier alpha value is -1.69. The number of nitriles is 1. The van der Waals surface area contributed by atoms with E-state index in [1.165, 1.54) is 12.1 Å². The van der Waals surface area contributed by atoms with Gasteiger partial charge < -0.3 is 10.2 Å². The van der Waals surface area contributed by atoms with Gasteiger partial charge in [0.1, 0.15) is 0 Å². The van der Waals surface area contributed by atoms with Crippen molar-refractivity contribution >= 4 is 0 Å². The zero-order valence-corrected chi connectivity index (χ0v) is 8.28. The molecule has 0 amide bonds. The van der Waals surface area contributed by atoms with Gasteiger partial charge in [-0.3, -0.25) is 0 Å². The van der Waals surface area contributed by atoms with Crippen LogP contribution in [0.15, 0.2) is 18.2 Å². The molecule has 0 saturated heterocycles. The third-order valence-electron chi connectivity index (χ3n) is 2.57. The van der Waals surface area contributed by atoms with E-state index in [1.807, 2.05) is 6.92 Å². The number of phenols is 2. The molecule has 3 heteroatoms. The molecule has 2 N–H and O–H groups in total. The largest absolute Gasteiger partial charge is 0.504 e. The van der Waals surface area contributed by atoms with Crippen molar-refractivity contribution in [2.75, 3.05) is 0 Å². The van der Waals surface area contributed by atoms with Crippen LogP contribution in [0.2, 0.25) is 0 Å². The summed E-state index contributed by atoms with van der Waals surface area (Å²) in [5, 5.41) is 27.4. The molecule has 1 aromatic rings. The fourth-order valence-electron chi connectivity index (χ4n) is 1.21. The normalized spacial score (nSPS) is 14.4. The van der Waals surface area contributed by atoms with Gasteiger partial charge in [-0.1, -0.05) is 13.0 Å². The van der Waals surface area contributed by atoms with E-state index in [0.717, 1.165) is 5.56 Å². The maximum atomic E-state index is 9.30. The Morgan fingerprint density at radius 2 is 2.00 bits per heavy atom. The molecule has 0 spiro atoms. The summed E-state index contributed by atoms with van der Waals surface area (Å²) in [6.07, 6.45) is 0.660. The summed E-state index contributed by atoms with van der Waals surface area (Å²) >= 11 is 0. The van der Waals surface area contributed by atoms with E-state index in [-0.39, 0.29) is 11.5 Å². The molecule has 0 aliphatic heterocycles. The van der Waals surface area contributed by atoms with Gasteiger partial charge in [0.2, 0.25) is 0 Å². The molecule has 14 heavy (non-hydrogen) atoms. The minimum absolute atomic E-state index is 0.162. The highest BCUT2D eigenvalue weighted by atomic mass is 16.3. The fourth-order valence-corrected chi connectivity index (χ4v) is 1.21. The van der Waals surface area contributed by atoms with Gasteiger partial charge in [-0.15, -0.1) is 0 Å². The maximum Gasteiger partial charge on any atom is 0.157 e. The Morgan fingerprint density at radius 3 is 2.43 bits per heavy atom. The van der Waals surface area contributed by atoms with Gasteiger partial charge in [0.05, 0.1) is 11.5 Å². The second-order valence-corrected chi connectivity index (χ2v) is 3.50. The highest BCUT2D eigenvalue weighted by Crippen LogP contribution is 2.33. The SMILES string of the molecule is CCC(C)(C#N)c1ccc(O)c(O)c1. The highest BCUT2D eigenvalue weighted by molar-refractivity contribution is 5.44. The molecule has 0 aliphatic carbocycles. The molecule has 1 unspecified atom stereocenters. The Labute approximate surface area is 83.2 Å². The van der Waals surface area contributed by atoms with Crippen LogP contribution in [0.3, 0.4) is 0 Å². The fraction of sp³-hybridized carbons (Fsp3) is 0.364. The van der Waals surface area contributed by atoms with Crippen molar-refractivity contribution in [3.05, 3.63) is 23.8 Å². The number of nitrogens with zero attached hydrogens (tertiary/aromatic N) is 1. The molecule has 0 heterocycles. The Balaban J connectivity index is 3.21. The number of aromatic hydroxyl groups is 2. The van der Waals surface area contributed by atoms with Crippen molar-refractivity contribution < 1.29 is 10.2 Å². The molecule has 1 aromatic carbocycles. The molecular formula is C11H13NO2. The van der Waals surface area contributed by atoms with Crippen LogP contribution in [-0.4, -0.2) is 10.2 Å². The lowest BCUT2D eigenvalue weighted by Gasteiger charge is -2.20. The predicted molar refractivity (Wildman–Crippen MR) is 53.0 cm³/mol. The summed E-state index contributed by atoms with van der Waals surface area (Å²) in [4.78, 5) is 0. The first-order valence-electron chi connectivity index (χ1n) is 4.47. The molecule has 1 atom stereocenters. The first kappa shape index (κ1) is 10.4. The summed E-state index contributed by atoms with van der Waals surface area (Å²) in [5.74, 6) is -0.345. The minimum Gasteiger partial charge on any atom is -0.504 e. The van der Waals surface area contributed by atoms with Crippen LogP contribution < -0.4 is 0 Å². The molecule has 0 bridgehead atoms. The van der Waals surface area contributed by atoms with Crippen LogP contribution in [-0.2, 0) is 5.41 Å². The average molecular weight is 191 g/mol. The second kappa shape index (κ2) is 3.59. The zero-order chi connectivity index (χ0) is 10.8. The average Bonchev–Trinajstić information content (AvgIpc) is 2.21. The summed E-state index contributed by atoms with van der Waals surface area (Å²) in [7, 11) is 0. The van der Waals surface area contributed by atoms with E-state index >= 15 is 0 Å². The van der Waals surface area contributed by atoms with Crippen LogP contribution in [0, 0.1) is 11.3 Å². The van der Waals surface area contributed by atoms with Gasteiger partial charge in [0.15, 0.2) is 11.5 Å². The summed E-state index contributed by atoms with van der Waals surface area (Å²) < 4.78 is 0. The molecule has 3 nitrogen and oxygen atoms in total. The molecule has 0 aromatic heterocycles. The van der Waals surface area contributed by atoms with Crippen LogP contribution in [0.1, 0.15) is 25.8 Å². The van der Waals surface area contributed by atoms with Gasteiger partial charge >= 0.3 is 0 Å². The molecular weight excluding hydrogens is 178 g/mol. The summed E-state index contributed by atoms with van der Waals surface area (Å²) in [6, 6.07) is 6.68. The van der Waals surface area contributed by atoms with Crippen LogP contribution >= 0.6 is 0 Å². The highest BCUT2D eigenvalue weighted by Gasteiger charge is 2.24. The van der Waals surface area contributed by atoms with Crippen molar-refractivity contribution in [2.24, 2.45) is 0 Å². The van der Waals surface area contributed by atoms with E-state index in [2.05, 4.69) is 6.07 Å². The van der Waals surface area contributed by atoms with E-state index < -0.39 is 5.41 Å². The second-order valence-electron chi connectivity index (χ2n) is 3.50. The topological polar surface area (TPSA) is 64.2 Å². The molecule has 74 valence electrons. The maximum absolute atomic E-state index is 9.30. The Kier molecular flexibility index (Phi) is 2.66. The van der Waals surface area contributed by atoms with Gasteiger partial charge in [0, 0.05) is 0 Å². The third-order valence-corrected chi connectivity index (χ3v) is 2.57. The monoisotopic (exact) mass is 191 g/mol.